The summed E-state index contributed by atoms with van der Waals surface area (Å²) in [5.74, 6) is -1.40. The Balaban J connectivity index is 1.98. The number of hydrogen-bond acceptors (Lipinski definition) is 7. The average molecular weight is 460 g/mol. The van der Waals surface area contributed by atoms with Crippen molar-refractivity contribution in [1.82, 2.24) is 0 Å². The maximum absolute atomic E-state index is 13.2. The zero-order valence-electron chi connectivity index (χ0n) is 18.3. The molecular formula is C25H20N2O7. The summed E-state index contributed by atoms with van der Waals surface area (Å²) in [5.41, 5.74) is 0.553. The van der Waals surface area contributed by atoms with Gasteiger partial charge in [0.1, 0.15) is 5.76 Å². The van der Waals surface area contributed by atoms with Crippen LogP contribution in [-0.2, 0) is 9.59 Å². The molecule has 172 valence electrons. The fourth-order valence-electron chi connectivity index (χ4n) is 3.95. The van der Waals surface area contributed by atoms with Crippen molar-refractivity contribution in [3.05, 3.63) is 99.6 Å². The van der Waals surface area contributed by atoms with Crippen LogP contribution in [0.5, 0.6) is 11.5 Å². The molecule has 0 aromatic heterocycles. The van der Waals surface area contributed by atoms with Gasteiger partial charge in [0.15, 0.2) is 11.5 Å². The van der Waals surface area contributed by atoms with Crippen LogP contribution in [0, 0.1) is 10.1 Å². The number of aliphatic hydroxyl groups excluding tert-OH is 1. The first-order valence-electron chi connectivity index (χ1n) is 10.2. The van der Waals surface area contributed by atoms with E-state index in [1.807, 2.05) is 0 Å². The van der Waals surface area contributed by atoms with Gasteiger partial charge >= 0.3 is 0 Å². The molecule has 0 spiro atoms. The van der Waals surface area contributed by atoms with Crippen LogP contribution in [-0.4, -0.2) is 35.9 Å². The van der Waals surface area contributed by atoms with Crippen molar-refractivity contribution in [2.75, 3.05) is 19.1 Å². The van der Waals surface area contributed by atoms with Crippen LogP contribution in [0.15, 0.2) is 78.4 Å². The van der Waals surface area contributed by atoms with E-state index in [9.17, 15) is 24.8 Å². The number of hydrogen-bond donors (Lipinski definition) is 1. The zero-order valence-corrected chi connectivity index (χ0v) is 18.3. The molecule has 4 rings (SSSR count). The number of carbonyl (C=O) groups excluding carboxylic acids is 2. The monoisotopic (exact) mass is 460 g/mol. The molecule has 1 fully saturated rings. The predicted octanol–water partition coefficient (Wildman–Crippen LogP) is 4.24. The summed E-state index contributed by atoms with van der Waals surface area (Å²) >= 11 is 0. The number of non-ortho nitro benzene ring substituents is 1. The third-order valence-electron chi connectivity index (χ3n) is 5.53. The van der Waals surface area contributed by atoms with Crippen LogP contribution in [0.4, 0.5) is 11.4 Å². The van der Waals surface area contributed by atoms with Gasteiger partial charge in [0.05, 0.1) is 36.4 Å². The van der Waals surface area contributed by atoms with Gasteiger partial charge < -0.3 is 14.6 Å². The molecule has 0 radical (unpaired) electrons. The van der Waals surface area contributed by atoms with Gasteiger partial charge in [0.2, 0.25) is 0 Å². The highest BCUT2D eigenvalue weighted by molar-refractivity contribution is 6.51. The van der Waals surface area contributed by atoms with Gasteiger partial charge in [0.25, 0.3) is 17.4 Å². The standard InChI is InChI=1S/C25H20N2O7/c1-33-19-12-11-16(13-20(19)34-2)22-21(23(28)15-7-4-3-5-8-15)24(29)25(30)26(22)17-9-6-10-18(14-17)27(31)32/h3-14,22,28H,1-2H3/b23-21+/t22-/m1/s1. The lowest BCUT2D eigenvalue weighted by atomic mass is 9.94. The Bertz CT molecular complexity index is 1320. The number of methoxy groups -OCH3 is 2. The van der Waals surface area contributed by atoms with Crippen LogP contribution >= 0.6 is 0 Å². The Kier molecular flexibility index (Phi) is 6.01. The van der Waals surface area contributed by atoms with Crippen molar-refractivity contribution in [3.63, 3.8) is 0 Å². The number of aliphatic hydroxyl groups is 1. The quantitative estimate of drug-likeness (QED) is 0.192. The second-order valence-electron chi connectivity index (χ2n) is 7.43. The maximum Gasteiger partial charge on any atom is 0.300 e. The minimum Gasteiger partial charge on any atom is -0.507 e. The van der Waals surface area contributed by atoms with Crippen LogP contribution in [0.3, 0.4) is 0 Å². The molecule has 1 aliphatic heterocycles. The molecular weight excluding hydrogens is 440 g/mol. The number of ketones is 1. The summed E-state index contributed by atoms with van der Waals surface area (Å²) in [6.07, 6.45) is 0. The smallest absolute Gasteiger partial charge is 0.300 e. The summed E-state index contributed by atoms with van der Waals surface area (Å²) in [6.45, 7) is 0. The molecule has 0 unspecified atom stereocenters. The van der Waals surface area contributed by atoms with Crippen molar-refractivity contribution in [1.29, 1.82) is 0 Å². The largest absolute Gasteiger partial charge is 0.507 e. The van der Waals surface area contributed by atoms with E-state index < -0.39 is 22.7 Å². The Morgan fingerprint density at radius 1 is 0.941 bits per heavy atom. The molecule has 3 aromatic rings. The molecule has 3 aromatic carbocycles. The van der Waals surface area contributed by atoms with Crippen molar-refractivity contribution in [2.45, 2.75) is 6.04 Å². The minimum absolute atomic E-state index is 0.142. The molecule has 1 saturated heterocycles. The van der Waals surface area contributed by atoms with Crippen molar-refractivity contribution >= 4 is 28.8 Å². The minimum atomic E-state index is -1.07. The van der Waals surface area contributed by atoms with E-state index in [0.29, 0.717) is 22.6 Å². The number of benzene rings is 3. The number of Topliss-reactive ketones (excluding diaryl/α,β-unsaturated/α-hetero) is 1. The second kappa shape index (κ2) is 9.07. The average Bonchev–Trinajstić information content (AvgIpc) is 3.13. The molecule has 1 heterocycles. The Labute approximate surface area is 194 Å². The lowest BCUT2D eigenvalue weighted by Gasteiger charge is -2.26. The van der Waals surface area contributed by atoms with Gasteiger partial charge in [-0.25, -0.2) is 0 Å². The lowest BCUT2D eigenvalue weighted by molar-refractivity contribution is -0.384. The highest BCUT2D eigenvalue weighted by Crippen LogP contribution is 2.44. The molecule has 0 saturated carbocycles. The Hall–Kier alpha value is -4.66. The van der Waals surface area contributed by atoms with Crippen LogP contribution in [0.1, 0.15) is 17.2 Å². The fraction of sp³-hybridized carbons (Fsp3) is 0.120. The van der Waals surface area contributed by atoms with E-state index in [1.165, 1.54) is 38.5 Å². The zero-order chi connectivity index (χ0) is 24.4. The molecule has 1 aliphatic rings. The number of nitro benzene ring substituents is 1. The van der Waals surface area contributed by atoms with Gasteiger partial charge in [-0.1, -0.05) is 42.5 Å². The second-order valence-corrected chi connectivity index (χ2v) is 7.43. The summed E-state index contributed by atoms with van der Waals surface area (Å²) in [6, 6.07) is 17.6. The number of carbonyl (C=O) groups is 2. The number of anilines is 1. The van der Waals surface area contributed by atoms with Crippen molar-refractivity contribution < 1.29 is 29.1 Å². The highest BCUT2D eigenvalue weighted by Gasteiger charge is 2.47. The first-order chi connectivity index (χ1) is 16.4. The van der Waals surface area contributed by atoms with E-state index >= 15 is 0 Å². The van der Waals surface area contributed by atoms with E-state index in [2.05, 4.69) is 0 Å². The fourth-order valence-corrected chi connectivity index (χ4v) is 3.95. The molecule has 0 bridgehead atoms. The van der Waals surface area contributed by atoms with Gasteiger partial charge in [-0.15, -0.1) is 0 Å². The number of nitro groups is 1. The van der Waals surface area contributed by atoms with Crippen LogP contribution in [0.2, 0.25) is 0 Å². The number of rotatable bonds is 6. The summed E-state index contributed by atoms with van der Waals surface area (Å²) < 4.78 is 10.7. The normalized spacial score (nSPS) is 17.0. The number of ether oxygens (including phenoxy) is 2. The number of amides is 1. The molecule has 0 aliphatic carbocycles. The van der Waals surface area contributed by atoms with Crippen molar-refractivity contribution in [3.8, 4) is 11.5 Å². The topological polar surface area (TPSA) is 119 Å². The third-order valence-corrected chi connectivity index (χ3v) is 5.53. The first kappa shape index (κ1) is 22.5. The van der Waals surface area contributed by atoms with Gasteiger partial charge in [-0.3, -0.25) is 24.6 Å². The first-order valence-corrected chi connectivity index (χ1v) is 10.2. The number of nitrogens with zero attached hydrogens (tertiary/aromatic N) is 2. The lowest BCUT2D eigenvalue weighted by Crippen LogP contribution is -2.29. The summed E-state index contributed by atoms with van der Waals surface area (Å²) in [7, 11) is 2.92. The SMILES string of the molecule is COc1ccc([C@@H]2/C(=C(\O)c3ccccc3)C(=O)C(=O)N2c2cccc([N+](=O)[O-])c2)cc1OC. The van der Waals surface area contributed by atoms with Crippen molar-refractivity contribution in [2.24, 2.45) is 0 Å². The third kappa shape index (κ3) is 3.83. The molecule has 9 heteroatoms. The van der Waals surface area contributed by atoms with E-state index in [1.54, 1.807) is 48.5 Å². The van der Waals surface area contributed by atoms with E-state index in [0.717, 1.165) is 4.90 Å². The summed E-state index contributed by atoms with van der Waals surface area (Å²) in [5, 5.41) is 22.4. The van der Waals surface area contributed by atoms with Crippen LogP contribution in [0.25, 0.3) is 5.76 Å². The molecule has 1 atom stereocenters. The maximum atomic E-state index is 13.2. The molecule has 34 heavy (non-hydrogen) atoms. The van der Waals surface area contributed by atoms with Crippen LogP contribution < -0.4 is 14.4 Å². The van der Waals surface area contributed by atoms with E-state index in [-0.39, 0.29) is 22.7 Å². The predicted molar refractivity (Wildman–Crippen MR) is 124 cm³/mol. The molecule has 9 nitrogen and oxygen atoms in total. The Morgan fingerprint density at radius 2 is 1.65 bits per heavy atom. The summed E-state index contributed by atoms with van der Waals surface area (Å²) in [4.78, 5) is 38.3. The van der Waals surface area contributed by atoms with Gasteiger partial charge in [-0.2, -0.15) is 0 Å². The van der Waals surface area contributed by atoms with Gasteiger partial charge in [-0.05, 0) is 23.8 Å². The van der Waals surface area contributed by atoms with E-state index in [4.69, 9.17) is 9.47 Å². The molecule has 1 amide bonds. The molecule has 1 N–H and O–H groups in total. The van der Waals surface area contributed by atoms with Gasteiger partial charge in [0, 0.05) is 17.7 Å². The highest BCUT2D eigenvalue weighted by atomic mass is 16.6. The Morgan fingerprint density at radius 3 is 2.29 bits per heavy atom.